The van der Waals surface area contributed by atoms with E-state index in [-0.39, 0.29) is 12.3 Å². The minimum atomic E-state index is -4.51. The molecule has 0 saturated carbocycles. The average molecular weight is 259 g/mol. The van der Waals surface area contributed by atoms with Crippen molar-refractivity contribution in [1.29, 1.82) is 0 Å². The summed E-state index contributed by atoms with van der Waals surface area (Å²) in [6.07, 6.45) is -3.05. The van der Waals surface area contributed by atoms with Crippen LogP contribution in [0.25, 0.3) is 0 Å². The van der Waals surface area contributed by atoms with Crippen LogP contribution in [0.15, 0.2) is 36.9 Å². The van der Waals surface area contributed by atoms with Gasteiger partial charge in [0.15, 0.2) is 6.61 Å². The number of hydrogen-bond donors (Lipinski definition) is 1. The van der Waals surface area contributed by atoms with E-state index >= 15 is 0 Å². The molecule has 0 aromatic heterocycles. The SMILES string of the molecule is C=CCNC(=O)COc1ccccc1C(F)(F)F. The predicted molar refractivity (Wildman–Crippen MR) is 60.1 cm³/mol. The summed E-state index contributed by atoms with van der Waals surface area (Å²) in [5.74, 6) is -0.870. The number of halogens is 3. The van der Waals surface area contributed by atoms with Crippen molar-refractivity contribution < 1.29 is 22.7 Å². The van der Waals surface area contributed by atoms with Gasteiger partial charge in [0.1, 0.15) is 5.75 Å². The number of amides is 1. The number of ether oxygens (including phenoxy) is 1. The van der Waals surface area contributed by atoms with Gasteiger partial charge in [-0.25, -0.2) is 0 Å². The number of carbonyl (C=O) groups excluding carboxylic acids is 1. The molecule has 1 rings (SSSR count). The maximum Gasteiger partial charge on any atom is 0.419 e. The Hall–Kier alpha value is -1.98. The van der Waals surface area contributed by atoms with Crippen molar-refractivity contribution >= 4 is 5.91 Å². The fourth-order valence-corrected chi connectivity index (χ4v) is 1.21. The van der Waals surface area contributed by atoms with Crippen LogP contribution in [-0.2, 0) is 11.0 Å². The Kier molecular flexibility index (Phi) is 4.76. The Morgan fingerprint density at radius 3 is 2.67 bits per heavy atom. The lowest BCUT2D eigenvalue weighted by atomic mass is 10.2. The minimum absolute atomic E-state index is 0.239. The first-order chi connectivity index (χ1) is 8.45. The van der Waals surface area contributed by atoms with Gasteiger partial charge < -0.3 is 10.1 Å². The van der Waals surface area contributed by atoms with Gasteiger partial charge in [-0.2, -0.15) is 13.2 Å². The molecule has 0 aliphatic rings. The van der Waals surface area contributed by atoms with Gasteiger partial charge in [-0.15, -0.1) is 6.58 Å². The van der Waals surface area contributed by atoms with Crippen LogP contribution in [0.5, 0.6) is 5.75 Å². The molecule has 0 aliphatic carbocycles. The first-order valence-corrected chi connectivity index (χ1v) is 5.11. The summed E-state index contributed by atoms with van der Waals surface area (Å²) >= 11 is 0. The summed E-state index contributed by atoms with van der Waals surface area (Å²) < 4.78 is 42.6. The topological polar surface area (TPSA) is 38.3 Å². The van der Waals surface area contributed by atoms with E-state index < -0.39 is 24.3 Å². The maximum absolute atomic E-state index is 12.6. The highest BCUT2D eigenvalue weighted by molar-refractivity contribution is 5.77. The average Bonchev–Trinajstić information content (AvgIpc) is 2.33. The molecule has 6 heteroatoms. The molecule has 0 unspecified atom stereocenters. The van der Waals surface area contributed by atoms with Crippen LogP contribution in [0.3, 0.4) is 0 Å². The molecule has 0 spiro atoms. The summed E-state index contributed by atoms with van der Waals surface area (Å²) in [5, 5.41) is 2.40. The van der Waals surface area contributed by atoms with Gasteiger partial charge in [0.05, 0.1) is 5.56 Å². The molecule has 0 atom stereocenters. The standard InChI is InChI=1S/C12H12F3NO2/c1-2-7-16-11(17)8-18-10-6-4-3-5-9(10)12(13,14)15/h2-6H,1,7-8H2,(H,16,17). The maximum atomic E-state index is 12.6. The van der Waals surface area contributed by atoms with Crippen LogP contribution in [0.1, 0.15) is 5.56 Å². The van der Waals surface area contributed by atoms with Crippen molar-refractivity contribution in [3.63, 3.8) is 0 Å². The Morgan fingerprint density at radius 2 is 2.06 bits per heavy atom. The van der Waals surface area contributed by atoms with Gasteiger partial charge in [-0.1, -0.05) is 18.2 Å². The summed E-state index contributed by atoms with van der Waals surface area (Å²) in [7, 11) is 0. The zero-order chi connectivity index (χ0) is 13.6. The van der Waals surface area contributed by atoms with Crippen molar-refractivity contribution in [2.24, 2.45) is 0 Å². The number of alkyl halides is 3. The highest BCUT2D eigenvalue weighted by atomic mass is 19.4. The van der Waals surface area contributed by atoms with E-state index in [9.17, 15) is 18.0 Å². The number of para-hydroxylation sites is 1. The van der Waals surface area contributed by atoms with Crippen molar-refractivity contribution in [1.82, 2.24) is 5.32 Å². The largest absolute Gasteiger partial charge is 0.483 e. The fourth-order valence-electron chi connectivity index (χ4n) is 1.21. The Bertz CT molecular complexity index is 430. The van der Waals surface area contributed by atoms with E-state index in [1.54, 1.807) is 0 Å². The Balaban J connectivity index is 2.68. The zero-order valence-corrected chi connectivity index (χ0v) is 9.46. The molecule has 1 N–H and O–H groups in total. The molecule has 1 aromatic carbocycles. The summed E-state index contributed by atoms with van der Waals surface area (Å²) in [5.41, 5.74) is -0.901. The van der Waals surface area contributed by atoms with E-state index in [1.807, 2.05) is 0 Å². The van der Waals surface area contributed by atoms with Crippen LogP contribution in [-0.4, -0.2) is 19.1 Å². The highest BCUT2D eigenvalue weighted by Crippen LogP contribution is 2.35. The third-order valence-electron chi connectivity index (χ3n) is 1.99. The summed E-state index contributed by atoms with van der Waals surface area (Å²) in [6, 6.07) is 4.74. The molecule has 0 fully saturated rings. The van der Waals surface area contributed by atoms with Gasteiger partial charge >= 0.3 is 6.18 Å². The van der Waals surface area contributed by atoms with Gasteiger partial charge in [-0.05, 0) is 12.1 Å². The molecule has 18 heavy (non-hydrogen) atoms. The number of rotatable bonds is 5. The summed E-state index contributed by atoms with van der Waals surface area (Å²) in [6.45, 7) is 3.16. The van der Waals surface area contributed by atoms with E-state index in [4.69, 9.17) is 4.74 Å². The molecule has 0 saturated heterocycles. The second-order valence-electron chi connectivity index (χ2n) is 3.38. The molecule has 0 aliphatic heterocycles. The Morgan fingerprint density at radius 1 is 1.39 bits per heavy atom. The first kappa shape index (κ1) is 14.1. The normalized spacial score (nSPS) is 10.8. The van der Waals surface area contributed by atoms with Crippen LogP contribution < -0.4 is 10.1 Å². The zero-order valence-electron chi connectivity index (χ0n) is 9.46. The van der Waals surface area contributed by atoms with E-state index in [1.165, 1.54) is 24.3 Å². The monoisotopic (exact) mass is 259 g/mol. The smallest absolute Gasteiger partial charge is 0.419 e. The van der Waals surface area contributed by atoms with E-state index in [2.05, 4.69) is 11.9 Å². The minimum Gasteiger partial charge on any atom is -0.483 e. The lowest BCUT2D eigenvalue weighted by molar-refractivity contribution is -0.139. The molecule has 3 nitrogen and oxygen atoms in total. The molecule has 0 bridgehead atoms. The van der Waals surface area contributed by atoms with Crippen LogP contribution in [0.2, 0.25) is 0 Å². The quantitative estimate of drug-likeness (QED) is 0.824. The lowest BCUT2D eigenvalue weighted by Gasteiger charge is -2.13. The first-order valence-electron chi connectivity index (χ1n) is 5.11. The van der Waals surface area contributed by atoms with Crippen molar-refractivity contribution in [2.75, 3.05) is 13.2 Å². The van der Waals surface area contributed by atoms with E-state index in [0.717, 1.165) is 6.07 Å². The van der Waals surface area contributed by atoms with E-state index in [0.29, 0.717) is 0 Å². The van der Waals surface area contributed by atoms with Crippen LogP contribution >= 0.6 is 0 Å². The molecular formula is C12H12F3NO2. The lowest BCUT2D eigenvalue weighted by Crippen LogP contribution is -2.29. The fraction of sp³-hybridized carbons (Fsp3) is 0.250. The number of carbonyl (C=O) groups is 1. The van der Waals surface area contributed by atoms with Gasteiger partial charge in [0.2, 0.25) is 0 Å². The summed E-state index contributed by atoms with van der Waals surface area (Å²) in [4.78, 5) is 11.2. The van der Waals surface area contributed by atoms with Crippen molar-refractivity contribution in [2.45, 2.75) is 6.18 Å². The third-order valence-corrected chi connectivity index (χ3v) is 1.99. The molecule has 0 heterocycles. The second-order valence-corrected chi connectivity index (χ2v) is 3.38. The van der Waals surface area contributed by atoms with Gasteiger partial charge in [0, 0.05) is 6.54 Å². The predicted octanol–water partition coefficient (Wildman–Crippen LogP) is 2.39. The van der Waals surface area contributed by atoms with Crippen molar-refractivity contribution in [3.8, 4) is 5.75 Å². The van der Waals surface area contributed by atoms with Gasteiger partial charge in [0.25, 0.3) is 5.91 Å². The number of benzene rings is 1. The van der Waals surface area contributed by atoms with Crippen LogP contribution in [0.4, 0.5) is 13.2 Å². The van der Waals surface area contributed by atoms with Crippen LogP contribution in [0, 0.1) is 0 Å². The molecular weight excluding hydrogens is 247 g/mol. The number of nitrogens with one attached hydrogen (secondary N) is 1. The Labute approximate surface area is 102 Å². The molecule has 98 valence electrons. The number of hydrogen-bond acceptors (Lipinski definition) is 2. The third kappa shape index (κ3) is 4.12. The highest BCUT2D eigenvalue weighted by Gasteiger charge is 2.34. The molecule has 1 amide bonds. The molecule has 0 radical (unpaired) electrons. The second kappa shape index (κ2) is 6.09. The van der Waals surface area contributed by atoms with Crippen molar-refractivity contribution in [3.05, 3.63) is 42.5 Å². The molecule has 1 aromatic rings. The van der Waals surface area contributed by atoms with Gasteiger partial charge in [-0.3, -0.25) is 4.79 Å².